The monoisotopic (exact) mass is 209 g/mol. The van der Waals surface area contributed by atoms with Crippen LogP contribution < -0.4 is 5.32 Å². The zero-order valence-corrected chi connectivity index (χ0v) is 9.76. The lowest BCUT2D eigenvalue weighted by Crippen LogP contribution is -2.24. The fraction of sp³-hybridized carbons (Fsp3) is 0.538. The zero-order valence-electron chi connectivity index (χ0n) is 9.76. The second-order valence-electron chi connectivity index (χ2n) is 4.32. The van der Waals surface area contributed by atoms with Crippen molar-refractivity contribution in [1.82, 2.24) is 5.32 Å². The molecule has 0 aliphatic heterocycles. The first-order valence-electron chi connectivity index (χ1n) is 5.62. The summed E-state index contributed by atoms with van der Waals surface area (Å²) >= 11 is 0. The van der Waals surface area contributed by atoms with Gasteiger partial charge >= 0.3 is 0 Å². The van der Waals surface area contributed by atoms with E-state index in [1.807, 2.05) is 6.07 Å². The molecule has 0 aliphatic rings. The van der Waals surface area contributed by atoms with Crippen molar-refractivity contribution in [3.05, 3.63) is 35.6 Å². The Kier molecular flexibility index (Phi) is 4.76. The lowest BCUT2D eigenvalue weighted by atomic mass is 10.0. The fourth-order valence-corrected chi connectivity index (χ4v) is 1.60. The van der Waals surface area contributed by atoms with Crippen LogP contribution in [-0.2, 0) is 0 Å². The van der Waals surface area contributed by atoms with E-state index in [1.165, 1.54) is 6.07 Å². The Labute approximate surface area is 91.7 Å². The molecule has 1 aromatic carbocycles. The van der Waals surface area contributed by atoms with Gasteiger partial charge in [0.25, 0.3) is 0 Å². The Morgan fingerprint density at radius 1 is 1.33 bits per heavy atom. The maximum atomic E-state index is 13.0. The van der Waals surface area contributed by atoms with E-state index in [0.717, 1.165) is 18.5 Å². The second-order valence-corrected chi connectivity index (χ2v) is 4.32. The molecule has 0 radical (unpaired) electrons. The molecule has 0 heterocycles. The zero-order chi connectivity index (χ0) is 11.3. The lowest BCUT2D eigenvalue weighted by Gasteiger charge is -2.18. The van der Waals surface area contributed by atoms with Gasteiger partial charge in [0.1, 0.15) is 5.82 Å². The van der Waals surface area contributed by atoms with Crippen LogP contribution in [0.1, 0.15) is 38.8 Å². The molecule has 2 heteroatoms. The molecule has 1 unspecified atom stereocenters. The Hall–Kier alpha value is -0.890. The third-order valence-electron chi connectivity index (χ3n) is 2.43. The quantitative estimate of drug-likeness (QED) is 0.782. The van der Waals surface area contributed by atoms with Gasteiger partial charge in [0, 0.05) is 6.04 Å². The summed E-state index contributed by atoms with van der Waals surface area (Å²) in [5, 5.41) is 3.45. The highest BCUT2D eigenvalue weighted by Crippen LogP contribution is 2.17. The SMILES string of the molecule is CCC(NCC(C)C)c1cccc(F)c1. The molecule has 0 fully saturated rings. The summed E-state index contributed by atoms with van der Waals surface area (Å²) in [6.45, 7) is 7.43. The molecule has 0 saturated heterocycles. The molecule has 0 amide bonds. The van der Waals surface area contributed by atoms with Crippen molar-refractivity contribution in [3.8, 4) is 0 Å². The summed E-state index contributed by atoms with van der Waals surface area (Å²) in [5.41, 5.74) is 1.04. The molecule has 84 valence electrons. The molecule has 1 atom stereocenters. The van der Waals surface area contributed by atoms with Crippen molar-refractivity contribution in [3.63, 3.8) is 0 Å². The van der Waals surface area contributed by atoms with E-state index in [0.29, 0.717) is 5.92 Å². The molecule has 0 spiro atoms. The van der Waals surface area contributed by atoms with E-state index in [4.69, 9.17) is 0 Å². The molecular weight excluding hydrogens is 189 g/mol. The van der Waals surface area contributed by atoms with Crippen LogP contribution in [0, 0.1) is 11.7 Å². The number of benzene rings is 1. The molecule has 1 aromatic rings. The van der Waals surface area contributed by atoms with E-state index in [1.54, 1.807) is 12.1 Å². The fourth-order valence-electron chi connectivity index (χ4n) is 1.60. The minimum Gasteiger partial charge on any atom is -0.310 e. The van der Waals surface area contributed by atoms with E-state index in [2.05, 4.69) is 26.1 Å². The van der Waals surface area contributed by atoms with Crippen LogP contribution >= 0.6 is 0 Å². The van der Waals surface area contributed by atoms with Gasteiger partial charge in [-0.05, 0) is 36.6 Å². The standard InChI is InChI=1S/C13H20FN/c1-4-13(15-9-10(2)3)11-6-5-7-12(14)8-11/h5-8,10,13,15H,4,9H2,1-3H3. The minimum atomic E-state index is -0.155. The molecule has 1 rings (SSSR count). The van der Waals surface area contributed by atoms with Crippen molar-refractivity contribution in [2.24, 2.45) is 5.92 Å². The summed E-state index contributed by atoms with van der Waals surface area (Å²) in [5.74, 6) is 0.463. The van der Waals surface area contributed by atoms with Gasteiger partial charge in [-0.2, -0.15) is 0 Å². The average Bonchev–Trinajstić information content (AvgIpc) is 2.18. The van der Waals surface area contributed by atoms with E-state index in [9.17, 15) is 4.39 Å². The van der Waals surface area contributed by atoms with Crippen LogP contribution in [0.2, 0.25) is 0 Å². The Balaban J connectivity index is 2.65. The highest BCUT2D eigenvalue weighted by molar-refractivity contribution is 5.19. The Bertz CT molecular complexity index is 296. The number of rotatable bonds is 5. The van der Waals surface area contributed by atoms with Gasteiger partial charge in [-0.15, -0.1) is 0 Å². The first-order valence-corrected chi connectivity index (χ1v) is 5.62. The number of hydrogen-bond acceptors (Lipinski definition) is 1. The van der Waals surface area contributed by atoms with Crippen molar-refractivity contribution < 1.29 is 4.39 Å². The van der Waals surface area contributed by atoms with Crippen LogP contribution in [0.25, 0.3) is 0 Å². The maximum Gasteiger partial charge on any atom is 0.123 e. The van der Waals surface area contributed by atoms with Crippen LogP contribution in [0.15, 0.2) is 24.3 Å². The highest BCUT2D eigenvalue weighted by Gasteiger charge is 2.09. The lowest BCUT2D eigenvalue weighted by molar-refractivity contribution is 0.463. The molecule has 1 N–H and O–H groups in total. The van der Waals surface area contributed by atoms with Crippen LogP contribution in [0.4, 0.5) is 4.39 Å². The minimum absolute atomic E-state index is 0.155. The van der Waals surface area contributed by atoms with Gasteiger partial charge in [0.2, 0.25) is 0 Å². The van der Waals surface area contributed by atoms with Gasteiger partial charge < -0.3 is 5.32 Å². The molecule has 0 aliphatic carbocycles. The van der Waals surface area contributed by atoms with Crippen molar-refractivity contribution in [1.29, 1.82) is 0 Å². The van der Waals surface area contributed by atoms with E-state index >= 15 is 0 Å². The predicted molar refractivity (Wildman–Crippen MR) is 62.3 cm³/mol. The summed E-state index contributed by atoms with van der Waals surface area (Å²) in [6, 6.07) is 7.11. The van der Waals surface area contributed by atoms with Crippen molar-refractivity contribution in [2.45, 2.75) is 33.2 Å². The molecule has 1 nitrogen and oxygen atoms in total. The van der Waals surface area contributed by atoms with E-state index in [-0.39, 0.29) is 11.9 Å². The number of hydrogen-bond donors (Lipinski definition) is 1. The van der Waals surface area contributed by atoms with Gasteiger partial charge in [-0.1, -0.05) is 32.9 Å². The second kappa shape index (κ2) is 5.86. The third kappa shape index (κ3) is 4.00. The molecular formula is C13H20FN. The third-order valence-corrected chi connectivity index (χ3v) is 2.43. The highest BCUT2D eigenvalue weighted by atomic mass is 19.1. The Morgan fingerprint density at radius 3 is 2.60 bits per heavy atom. The molecule has 0 aromatic heterocycles. The van der Waals surface area contributed by atoms with Gasteiger partial charge in [0.05, 0.1) is 0 Å². The molecule has 15 heavy (non-hydrogen) atoms. The average molecular weight is 209 g/mol. The summed E-state index contributed by atoms with van der Waals surface area (Å²) < 4.78 is 13.0. The summed E-state index contributed by atoms with van der Waals surface area (Å²) in [6.07, 6.45) is 0.982. The smallest absolute Gasteiger partial charge is 0.123 e. The topological polar surface area (TPSA) is 12.0 Å². The van der Waals surface area contributed by atoms with E-state index < -0.39 is 0 Å². The normalized spacial score (nSPS) is 13.1. The maximum absolute atomic E-state index is 13.0. The van der Waals surface area contributed by atoms with Crippen LogP contribution in [-0.4, -0.2) is 6.54 Å². The van der Waals surface area contributed by atoms with Crippen molar-refractivity contribution >= 4 is 0 Å². The van der Waals surface area contributed by atoms with Crippen LogP contribution in [0.5, 0.6) is 0 Å². The molecule has 0 bridgehead atoms. The van der Waals surface area contributed by atoms with Gasteiger partial charge in [0.15, 0.2) is 0 Å². The first-order chi connectivity index (χ1) is 7.13. The van der Waals surface area contributed by atoms with Crippen molar-refractivity contribution in [2.75, 3.05) is 6.54 Å². The summed E-state index contributed by atoms with van der Waals surface area (Å²) in [7, 11) is 0. The molecule has 0 saturated carbocycles. The summed E-state index contributed by atoms with van der Waals surface area (Å²) in [4.78, 5) is 0. The predicted octanol–water partition coefficient (Wildman–Crippen LogP) is 3.52. The number of halogens is 1. The largest absolute Gasteiger partial charge is 0.310 e. The Morgan fingerprint density at radius 2 is 2.07 bits per heavy atom. The van der Waals surface area contributed by atoms with Gasteiger partial charge in [-0.25, -0.2) is 4.39 Å². The van der Waals surface area contributed by atoms with Crippen LogP contribution in [0.3, 0.4) is 0 Å². The van der Waals surface area contributed by atoms with Gasteiger partial charge in [-0.3, -0.25) is 0 Å². The number of nitrogens with one attached hydrogen (secondary N) is 1. The first kappa shape index (κ1) is 12.2.